The second kappa shape index (κ2) is 10.5. The smallest absolute Gasteiger partial charge is 0.320 e. The van der Waals surface area contributed by atoms with Gasteiger partial charge in [0.1, 0.15) is 0 Å². The van der Waals surface area contributed by atoms with Gasteiger partial charge in [-0.2, -0.15) is 15.0 Å². The Morgan fingerprint density at radius 3 is 2.68 bits per heavy atom. The topological polar surface area (TPSA) is 100 Å². The Morgan fingerprint density at radius 2 is 1.93 bits per heavy atom. The molecular formula is C20H34N6O2. The maximum atomic E-state index is 6.09. The first-order valence-corrected chi connectivity index (χ1v) is 10.6. The average Bonchev–Trinajstić information content (AvgIpc) is 3.07. The van der Waals surface area contributed by atoms with E-state index in [4.69, 9.17) is 15.2 Å². The van der Waals surface area contributed by atoms with Gasteiger partial charge < -0.3 is 20.5 Å². The first-order valence-electron chi connectivity index (χ1n) is 10.6. The number of hydrogen-bond acceptors (Lipinski definition) is 7. The number of piperidine rings is 1. The SMILES string of the molecule is CCCCOc1nc(N)c2nc(OC)n(CCCCCC3CCNCC3)c2n1. The molecule has 3 rings (SSSR count). The number of fused-ring (bicyclic) bond motifs is 1. The van der Waals surface area contributed by atoms with Crippen LogP contribution in [0.15, 0.2) is 0 Å². The maximum Gasteiger partial charge on any atom is 0.320 e. The first kappa shape index (κ1) is 20.6. The highest BCUT2D eigenvalue weighted by molar-refractivity contribution is 5.83. The molecule has 0 aromatic carbocycles. The van der Waals surface area contributed by atoms with E-state index in [2.05, 4.69) is 27.2 Å². The molecule has 0 bridgehead atoms. The Bertz CT molecular complexity index is 742. The second-order valence-corrected chi connectivity index (χ2v) is 7.56. The Hall–Kier alpha value is -2.09. The van der Waals surface area contributed by atoms with Gasteiger partial charge in [-0.05, 0) is 44.7 Å². The molecule has 8 nitrogen and oxygen atoms in total. The molecule has 1 saturated heterocycles. The Kier molecular flexibility index (Phi) is 7.71. The van der Waals surface area contributed by atoms with Crippen molar-refractivity contribution < 1.29 is 9.47 Å². The van der Waals surface area contributed by atoms with Crippen molar-refractivity contribution >= 4 is 17.0 Å². The minimum absolute atomic E-state index is 0.313. The Balaban J connectivity index is 1.61. The molecule has 2 aromatic heterocycles. The molecule has 0 spiro atoms. The minimum atomic E-state index is 0.313. The van der Waals surface area contributed by atoms with Crippen LogP contribution < -0.4 is 20.5 Å². The molecule has 0 unspecified atom stereocenters. The summed E-state index contributed by atoms with van der Waals surface area (Å²) in [5.41, 5.74) is 7.36. The van der Waals surface area contributed by atoms with Crippen LogP contribution in [0, 0.1) is 5.92 Å². The quantitative estimate of drug-likeness (QED) is 0.568. The number of aromatic nitrogens is 4. The fourth-order valence-electron chi connectivity index (χ4n) is 3.76. The van der Waals surface area contributed by atoms with Crippen LogP contribution in [0.5, 0.6) is 12.0 Å². The van der Waals surface area contributed by atoms with E-state index in [1.807, 2.05) is 4.57 Å². The number of nitrogens with zero attached hydrogens (tertiary/aromatic N) is 4. The summed E-state index contributed by atoms with van der Waals surface area (Å²) in [5.74, 6) is 1.22. The van der Waals surface area contributed by atoms with E-state index in [-0.39, 0.29) is 0 Å². The van der Waals surface area contributed by atoms with Crippen molar-refractivity contribution in [3.63, 3.8) is 0 Å². The van der Waals surface area contributed by atoms with Crippen molar-refractivity contribution in [2.24, 2.45) is 5.92 Å². The molecular weight excluding hydrogens is 356 g/mol. The number of rotatable bonds is 11. The third-order valence-corrected chi connectivity index (χ3v) is 5.43. The molecule has 28 heavy (non-hydrogen) atoms. The van der Waals surface area contributed by atoms with Crippen LogP contribution in [0.25, 0.3) is 11.2 Å². The van der Waals surface area contributed by atoms with Crippen molar-refractivity contribution in [1.82, 2.24) is 24.8 Å². The van der Waals surface area contributed by atoms with Crippen LogP contribution in [0.3, 0.4) is 0 Å². The van der Waals surface area contributed by atoms with Crippen LogP contribution in [-0.2, 0) is 6.54 Å². The van der Waals surface area contributed by atoms with E-state index in [1.165, 1.54) is 45.2 Å². The molecule has 1 fully saturated rings. The second-order valence-electron chi connectivity index (χ2n) is 7.56. The molecule has 156 valence electrons. The van der Waals surface area contributed by atoms with Crippen molar-refractivity contribution in [2.75, 3.05) is 32.5 Å². The van der Waals surface area contributed by atoms with E-state index in [0.29, 0.717) is 35.6 Å². The van der Waals surface area contributed by atoms with Gasteiger partial charge in [-0.3, -0.25) is 4.57 Å². The van der Waals surface area contributed by atoms with Gasteiger partial charge in [0.25, 0.3) is 6.01 Å². The van der Waals surface area contributed by atoms with Crippen molar-refractivity contribution in [2.45, 2.75) is 64.8 Å². The van der Waals surface area contributed by atoms with Gasteiger partial charge in [0, 0.05) is 6.54 Å². The Labute approximate surface area is 167 Å². The van der Waals surface area contributed by atoms with E-state index >= 15 is 0 Å². The summed E-state index contributed by atoms with van der Waals surface area (Å²) in [4.78, 5) is 13.2. The lowest BCUT2D eigenvalue weighted by Crippen LogP contribution is -2.27. The number of nitrogens with two attached hydrogens (primary N) is 1. The highest BCUT2D eigenvalue weighted by Gasteiger charge is 2.18. The zero-order chi connectivity index (χ0) is 19.8. The van der Waals surface area contributed by atoms with Gasteiger partial charge in [0.15, 0.2) is 17.0 Å². The molecule has 0 aliphatic carbocycles. The highest BCUT2D eigenvalue weighted by Crippen LogP contribution is 2.26. The molecule has 0 radical (unpaired) electrons. The monoisotopic (exact) mass is 390 g/mol. The van der Waals surface area contributed by atoms with E-state index in [9.17, 15) is 0 Å². The fourth-order valence-corrected chi connectivity index (χ4v) is 3.76. The predicted molar refractivity (Wildman–Crippen MR) is 111 cm³/mol. The summed E-state index contributed by atoms with van der Waals surface area (Å²) in [7, 11) is 1.62. The van der Waals surface area contributed by atoms with Crippen LogP contribution in [0.1, 0.15) is 58.3 Å². The van der Waals surface area contributed by atoms with Gasteiger partial charge >= 0.3 is 6.01 Å². The molecule has 0 saturated carbocycles. The highest BCUT2D eigenvalue weighted by atomic mass is 16.5. The van der Waals surface area contributed by atoms with Crippen LogP contribution in [-0.4, -0.2) is 46.3 Å². The third-order valence-electron chi connectivity index (χ3n) is 5.43. The van der Waals surface area contributed by atoms with Gasteiger partial charge in [-0.25, -0.2) is 0 Å². The number of ether oxygens (including phenoxy) is 2. The molecule has 1 aliphatic rings. The van der Waals surface area contributed by atoms with Crippen molar-refractivity contribution in [1.29, 1.82) is 0 Å². The lowest BCUT2D eigenvalue weighted by Gasteiger charge is -2.22. The molecule has 0 atom stereocenters. The standard InChI is InChI=1S/C20H34N6O2/c1-3-4-14-28-19-24-17(21)16-18(25-19)26(20(23-16)27-2)13-7-5-6-8-15-9-11-22-12-10-15/h15,22H,3-14H2,1-2H3,(H2,21,24,25). The molecule has 1 aliphatic heterocycles. The number of nitrogen functional groups attached to an aromatic ring is 1. The number of unbranched alkanes of at least 4 members (excludes halogenated alkanes) is 3. The number of aryl methyl sites for hydroxylation is 1. The summed E-state index contributed by atoms with van der Waals surface area (Å²) in [6.45, 7) is 5.85. The molecule has 8 heteroatoms. The van der Waals surface area contributed by atoms with Gasteiger partial charge in [-0.1, -0.05) is 32.6 Å². The zero-order valence-electron chi connectivity index (χ0n) is 17.2. The number of hydrogen-bond donors (Lipinski definition) is 2. The van der Waals surface area contributed by atoms with Crippen molar-refractivity contribution in [3.05, 3.63) is 0 Å². The van der Waals surface area contributed by atoms with E-state index in [0.717, 1.165) is 31.7 Å². The molecule has 2 aromatic rings. The van der Waals surface area contributed by atoms with Gasteiger partial charge in [-0.15, -0.1) is 0 Å². The lowest BCUT2D eigenvalue weighted by molar-refractivity contribution is 0.286. The summed E-state index contributed by atoms with van der Waals surface area (Å²) < 4.78 is 13.1. The Morgan fingerprint density at radius 1 is 1.11 bits per heavy atom. The summed E-state index contributed by atoms with van der Waals surface area (Å²) >= 11 is 0. The van der Waals surface area contributed by atoms with Gasteiger partial charge in [0.2, 0.25) is 0 Å². The zero-order valence-corrected chi connectivity index (χ0v) is 17.2. The van der Waals surface area contributed by atoms with Gasteiger partial charge in [0.05, 0.1) is 13.7 Å². The maximum absolute atomic E-state index is 6.09. The molecule has 3 N–H and O–H groups in total. The number of nitrogens with one attached hydrogen (secondary N) is 1. The molecule has 0 amide bonds. The van der Waals surface area contributed by atoms with E-state index < -0.39 is 0 Å². The first-order chi connectivity index (χ1) is 13.7. The summed E-state index contributed by atoms with van der Waals surface area (Å²) in [5, 5.41) is 3.43. The number of imidazole rings is 1. The predicted octanol–water partition coefficient (Wildman–Crippen LogP) is 3.16. The summed E-state index contributed by atoms with van der Waals surface area (Å²) in [6.07, 6.45) is 9.49. The fraction of sp³-hybridized carbons (Fsp3) is 0.750. The summed E-state index contributed by atoms with van der Waals surface area (Å²) in [6, 6.07) is 0.841. The van der Waals surface area contributed by atoms with E-state index in [1.54, 1.807) is 7.11 Å². The van der Waals surface area contributed by atoms with Crippen molar-refractivity contribution in [3.8, 4) is 12.0 Å². The number of anilines is 1. The van der Waals surface area contributed by atoms with Crippen LogP contribution in [0.2, 0.25) is 0 Å². The normalized spacial score (nSPS) is 15.2. The van der Waals surface area contributed by atoms with Crippen LogP contribution in [0.4, 0.5) is 5.82 Å². The largest absolute Gasteiger partial charge is 0.468 e. The minimum Gasteiger partial charge on any atom is -0.468 e. The average molecular weight is 391 g/mol. The third kappa shape index (κ3) is 5.25. The number of methoxy groups -OCH3 is 1. The lowest BCUT2D eigenvalue weighted by atomic mass is 9.92. The molecule has 3 heterocycles. The van der Waals surface area contributed by atoms with Crippen LogP contribution >= 0.6 is 0 Å².